The third-order valence-electron chi connectivity index (χ3n) is 11.2. The fraction of sp³-hybridized carbons (Fsp3) is 0.462. The second kappa shape index (κ2) is 12.2. The molecule has 2 aromatic carbocycles. The molecule has 1 unspecified atom stereocenters. The molecule has 5 aliphatic rings. The van der Waals surface area contributed by atoms with Crippen LogP contribution in [0.1, 0.15) is 50.5 Å². The van der Waals surface area contributed by atoms with Crippen molar-refractivity contribution < 1.29 is 19.0 Å². The van der Waals surface area contributed by atoms with E-state index >= 15 is 4.39 Å². The van der Waals surface area contributed by atoms with Crippen LogP contribution in [0.15, 0.2) is 48.2 Å². The summed E-state index contributed by atoms with van der Waals surface area (Å²) in [5.74, 6) is 3.51. The van der Waals surface area contributed by atoms with Gasteiger partial charge in [0.2, 0.25) is 0 Å². The SMILES string of the molecule is C#Cc1cccc2cc(O)cc(-c3ncc4c(N5C[C@H]6CC[C@@H](C5)N6)nc(OCC56CCCN5CC(=CCOCC5CC5)C6)nc4c3F)c12. The van der Waals surface area contributed by atoms with Crippen LogP contribution in [0.3, 0.4) is 0 Å². The number of anilines is 1. The Balaban J connectivity index is 1.08. The lowest BCUT2D eigenvalue weighted by molar-refractivity contribution is 0.108. The molecule has 0 spiro atoms. The van der Waals surface area contributed by atoms with E-state index in [1.165, 1.54) is 24.5 Å². The Morgan fingerprint density at radius 3 is 2.82 bits per heavy atom. The summed E-state index contributed by atoms with van der Waals surface area (Å²) in [6.07, 6.45) is 17.6. The van der Waals surface area contributed by atoms with E-state index in [0.717, 1.165) is 70.8 Å². The Bertz CT molecular complexity index is 2010. The summed E-state index contributed by atoms with van der Waals surface area (Å²) in [6.45, 7) is 5.42. The number of aromatic hydroxyl groups is 1. The molecule has 5 fully saturated rings. The summed E-state index contributed by atoms with van der Waals surface area (Å²) >= 11 is 0. The van der Waals surface area contributed by atoms with Crippen LogP contribution in [-0.4, -0.2) is 88.6 Å². The summed E-state index contributed by atoms with van der Waals surface area (Å²) in [5, 5.41) is 16.2. The first-order valence-electron chi connectivity index (χ1n) is 17.7. The quantitative estimate of drug-likeness (QED) is 0.136. The van der Waals surface area contributed by atoms with Gasteiger partial charge in [-0.2, -0.15) is 9.97 Å². The fourth-order valence-corrected chi connectivity index (χ4v) is 8.62. The number of phenolic OH excluding ortho intramolecular Hbond substituents is 1. The van der Waals surface area contributed by atoms with E-state index in [1.807, 2.05) is 18.2 Å². The lowest BCUT2D eigenvalue weighted by Crippen LogP contribution is -2.51. The van der Waals surface area contributed by atoms with Crippen LogP contribution >= 0.6 is 0 Å². The molecule has 3 atom stereocenters. The van der Waals surface area contributed by atoms with Crippen molar-refractivity contribution in [1.82, 2.24) is 25.2 Å². The van der Waals surface area contributed by atoms with Gasteiger partial charge in [-0.25, -0.2) is 4.39 Å². The van der Waals surface area contributed by atoms with Gasteiger partial charge in [-0.1, -0.05) is 29.7 Å². The Kier molecular flexibility index (Phi) is 7.67. The first-order chi connectivity index (χ1) is 24.0. The van der Waals surface area contributed by atoms with Crippen LogP contribution in [0.25, 0.3) is 32.9 Å². The topological polar surface area (TPSA) is 95.9 Å². The molecule has 4 aliphatic heterocycles. The zero-order chi connectivity index (χ0) is 33.1. The Morgan fingerprint density at radius 1 is 1.14 bits per heavy atom. The van der Waals surface area contributed by atoms with Crippen molar-refractivity contribution >= 4 is 27.5 Å². The molecule has 0 amide bonds. The number of aromatic nitrogens is 3. The van der Waals surface area contributed by atoms with Gasteiger partial charge in [0, 0.05) is 61.0 Å². The number of hydrogen-bond acceptors (Lipinski definition) is 9. The first kappa shape index (κ1) is 30.7. The normalized spacial score (nSPS) is 25.8. The van der Waals surface area contributed by atoms with Gasteiger partial charge in [-0.15, -0.1) is 6.42 Å². The maximum atomic E-state index is 17.0. The van der Waals surface area contributed by atoms with E-state index in [2.05, 4.69) is 32.1 Å². The predicted molar refractivity (Wildman–Crippen MR) is 187 cm³/mol. The van der Waals surface area contributed by atoms with Gasteiger partial charge in [0.05, 0.1) is 17.5 Å². The Morgan fingerprint density at radius 2 is 2.00 bits per heavy atom. The highest BCUT2D eigenvalue weighted by Crippen LogP contribution is 2.43. The molecule has 9 rings (SSSR count). The monoisotopic (exact) mass is 660 g/mol. The molecule has 2 N–H and O–H groups in total. The number of fused-ring (bicyclic) bond motifs is 5. The van der Waals surface area contributed by atoms with Crippen molar-refractivity contribution in [3.63, 3.8) is 0 Å². The minimum Gasteiger partial charge on any atom is -0.508 e. The summed E-state index contributed by atoms with van der Waals surface area (Å²) in [4.78, 5) is 19.1. The Labute approximate surface area is 285 Å². The third-order valence-corrected chi connectivity index (χ3v) is 11.2. The molecule has 49 heavy (non-hydrogen) atoms. The zero-order valence-electron chi connectivity index (χ0n) is 27.6. The summed E-state index contributed by atoms with van der Waals surface area (Å²) < 4.78 is 29.4. The summed E-state index contributed by atoms with van der Waals surface area (Å²) in [5.41, 5.74) is 2.48. The number of nitrogens with zero attached hydrogens (tertiary/aromatic N) is 5. The van der Waals surface area contributed by atoms with Crippen molar-refractivity contribution in [2.45, 2.75) is 62.6 Å². The van der Waals surface area contributed by atoms with Crippen molar-refractivity contribution in [2.75, 3.05) is 50.9 Å². The molecule has 4 aromatic rings. The van der Waals surface area contributed by atoms with Crippen LogP contribution < -0.4 is 15.0 Å². The minimum absolute atomic E-state index is 0.00138. The van der Waals surface area contributed by atoms with Crippen LogP contribution in [-0.2, 0) is 4.74 Å². The number of piperazine rings is 1. The number of ether oxygens (including phenoxy) is 2. The maximum absolute atomic E-state index is 17.0. The lowest BCUT2D eigenvalue weighted by atomic mass is 9.93. The van der Waals surface area contributed by atoms with Gasteiger partial charge in [0.25, 0.3) is 0 Å². The molecule has 4 saturated heterocycles. The second-order valence-corrected chi connectivity index (χ2v) is 14.7. The molecule has 9 nitrogen and oxygen atoms in total. The molecular formula is C39H41FN6O3. The lowest BCUT2D eigenvalue weighted by Gasteiger charge is -2.34. The second-order valence-electron chi connectivity index (χ2n) is 14.7. The minimum atomic E-state index is -0.597. The van der Waals surface area contributed by atoms with E-state index in [1.54, 1.807) is 12.3 Å². The highest BCUT2D eigenvalue weighted by Gasteiger charge is 2.47. The van der Waals surface area contributed by atoms with Crippen molar-refractivity contribution in [2.24, 2.45) is 5.92 Å². The van der Waals surface area contributed by atoms with Crippen LogP contribution in [0.5, 0.6) is 11.8 Å². The van der Waals surface area contributed by atoms with E-state index < -0.39 is 5.82 Å². The van der Waals surface area contributed by atoms with Gasteiger partial charge in [-0.3, -0.25) is 9.88 Å². The molecular weight excluding hydrogens is 619 g/mol. The smallest absolute Gasteiger partial charge is 0.319 e. The highest BCUT2D eigenvalue weighted by molar-refractivity contribution is 6.02. The zero-order valence-corrected chi connectivity index (χ0v) is 27.6. The average molecular weight is 661 g/mol. The number of hydrogen-bond donors (Lipinski definition) is 2. The van der Waals surface area contributed by atoms with Crippen molar-refractivity contribution in [3.05, 3.63) is 59.6 Å². The largest absolute Gasteiger partial charge is 0.508 e. The van der Waals surface area contributed by atoms with Crippen molar-refractivity contribution in [3.8, 4) is 35.4 Å². The standard InChI is InChI=1S/C39H41FN6O3/c1-2-26-5-3-6-27-15-30(47)16-31(33(26)27)35-34(40)36-32(18-41-35)37(45-20-28-9-10-29(21-45)42-28)44-38(43-36)49-23-39-12-4-13-46(39)19-25(17-39)11-14-48-22-24-7-8-24/h1,3,5-6,11,15-16,18,24,28-29,42,47H,4,7-10,12-14,17,19-23H2/t28-,29+,39?. The number of benzene rings is 2. The molecule has 252 valence electrons. The summed E-state index contributed by atoms with van der Waals surface area (Å²) in [7, 11) is 0. The molecule has 1 saturated carbocycles. The number of halogens is 1. The molecule has 6 heterocycles. The molecule has 1 aliphatic carbocycles. The van der Waals surface area contributed by atoms with E-state index in [-0.39, 0.29) is 28.5 Å². The van der Waals surface area contributed by atoms with Crippen molar-refractivity contribution in [1.29, 1.82) is 0 Å². The highest BCUT2D eigenvalue weighted by atomic mass is 19.1. The number of terminal acetylenes is 1. The average Bonchev–Trinajstić information content (AvgIpc) is 3.63. The van der Waals surface area contributed by atoms with Crippen LogP contribution in [0.4, 0.5) is 10.2 Å². The number of pyridine rings is 1. The van der Waals surface area contributed by atoms with E-state index in [9.17, 15) is 5.11 Å². The first-order valence-corrected chi connectivity index (χ1v) is 17.7. The molecule has 10 heteroatoms. The van der Waals surface area contributed by atoms with Crippen LogP contribution in [0, 0.1) is 24.1 Å². The van der Waals surface area contributed by atoms with Crippen LogP contribution in [0.2, 0.25) is 0 Å². The van der Waals surface area contributed by atoms with E-state index in [4.69, 9.17) is 25.9 Å². The van der Waals surface area contributed by atoms with Gasteiger partial charge in [0.1, 0.15) is 29.4 Å². The Hall–Kier alpha value is -4.30. The van der Waals surface area contributed by atoms with Gasteiger partial charge >= 0.3 is 6.01 Å². The van der Waals surface area contributed by atoms with Gasteiger partial charge in [0.15, 0.2) is 5.82 Å². The molecule has 2 bridgehead atoms. The molecule has 2 aromatic heterocycles. The number of nitrogens with one attached hydrogen (secondary N) is 1. The third kappa shape index (κ3) is 5.68. The number of phenols is 1. The summed E-state index contributed by atoms with van der Waals surface area (Å²) in [6, 6.07) is 9.50. The van der Waals surface area contributed by atoms with E-state index in [0.29, 0.717) is 58.4 Å². The number of rotatable bonds is 9. The maximum Gasteiger partial charge on any atom is 0.319 e. The fourth-order valence-electron chi connectivity index (χ4n) is 8.62. The molecule has 0 radical (unpaired) electrons. The predicted octanol–water partition coefficient (Wildman–Crippen LogP) is 5.58. The van der Waals surface area contributed by atoms with Gasteiger partial charge < -0.3 is 24.8 Å². The van der Waals surface area contributed by atoms with Gasteiger partial charge in [-0.05, 0) is 81.0 Å².